The van der Waals surface area contributed by atoms with Crippen molar-refractivity contribution >= 4 is 28.4 Å². The normalized spacial score (nSPS) is 10.9. The molecule has 6 heteroatoms. The Hall–Kier alpha value is -2.37. The maximum atomic E-state index is 11.0. The van der Waals surface area contributed by atoms with Gasteiger partial charge >= 0.3 is 0 Å². The molecule has 0 bridgehead atoms. The second kappa shape index (κ2) is 6.40. The zero-order valence-corrected chi connectivity index (χ0v) is 13.3. The van der Waals surface area contributed by atoms with Crippen LogP contribution in [0.5, 0.6) is 0 Å². The van der Waals surface area contributed by atoms with Crippen LogP contribution in [-0.4, -0.2) is 21.0 Å². The van der Waals surface area contributed by atoms with Crippen LogP contribution in [0.3, 0.4) is 0 Å². The molecule has 0 aliphatic carbocycles. The van der Waals surface area contributed by atoms with Crippen LogP contribution in [-0.2, 0) is 17.9 Å². The zero-order valence-electron chi connectivity index (χ0n) is 12.6. The van der Waals surface area contributed by atoms with Crippen LogP contribution in [0.4, 0.5) is 0 Å². The first-order chi connectivity index (χ1) is 11.1. The van der Waals surface area contributed by atoms with E-state index in [1.54, 1.807) is 12.3 Å². The average molecular weight is 330 g/mol. The third-order valence-corrected chi connectivity index (χ3v) is 3.90. The number of hydrogen-bond acceptors (Lipinski definition) is 3. The lowest BCUT2D eigenvalue weighted by Gasteiger charge is -2.05. The van der Waals surface area contributed by atoms with E-state index in [0.717, 1.165) is 27.7 Å². The fraction of sp³-hybridized carbons (Fsp3) is 0.176. The number of aromatic nitrogens is 2. The summed E-state index contributed by atoms with van der Waals surface area (Å²) in [5.74, 6) is -0.0718. The number of hydrogen-bond donors (Lipinski definition) is 3. The van der Waals surface area contributed by atoms with Gasteiger partial charge < -0.3 is 15.4 Å². The second-order valence-electron chi connectivity index (χ2n) is 5.32. The first kappa shape index (κ1) is 15.5. The van der Waals surface area contributed by atoms with Gasteiger partial charge in [-0.2, -0.15) is 0 Å². The molecule has 2 heterocycles. The van der Waals surface area contributed by atoms with E-state index in [-0.39, 0.29) is 12.5 Å². The van der Waals surface area contributed by atoms with Gasteiger partial charge in [-0.05, 0) is 24.3 Å². The number of nitrogens with one attached hydrogen (secondary N) is 2. The largest absolute Gasteiger partial charge is 0.390 e. The van der Waals surface area contributed by atoms with E-state index >= 15 is 0 Å². The molecule has 23 heavy (non-hydrogen) atoms. The lowest BCUT2D eigenvalue weighted by Crippen LogP contribution is -2.18. The summed E-state index contributed by atoms with van der Waals surface area (Å²) in [5, 5.41) is 13.4. The maximum Gasteiger partial charge on any atom is 0.217 e. The van der Waals surface area contributed by atoms with Crippen molar-refractivity contribution in [1.82, 2.24) is 15.3 Å². The number of aliphatic hydroxyl groups is 1. The Balaban J connectivity index is 1.97. The summed E-state index contributed by atoms with van der Waals surface area (Å²) in [6.45, 7) is 1.85. The average Bonchev–Trinajstić information content (AvgIpc) is 2.94. The van der Waals surface area contributed by atoms with Gasteiger partial charge in [0.05, 0.1) is 18.8 Å². The molecule has 3 aromatic rings. The number of rotatable bonds is 4. The fourth-order valence-corrected chi connectivity index (χ4v) is 2.71. The van der Waals surface area contributed by atoms with E-state index in [1.807, 2.05) is 24.3 Å². The lowest BCUT2D eigenvalue weighted by atomic mass is 10.1. The standard InChI is InChI=1S/C17H16ClN3O2/c1-10(23)19-8-14-4-12-5-16(18)15(6-17(12)21-14)11-2-3-13(9-22)20-7-11/h2-7,21-22H,8-9H2,1H3,(H,19,23). The minimum Gasteiger partial charge on any atom is -0.390 e. The molecule has 0 atom stereocenters. The van der Waals surface area contributed by atoms with Gasteiger partial charge in [-0.3, -0.25) is 9.78 Å². The summed E-state index contributed by atoms with van der Waals surface area (Å²) in [6.07, 6.45) is 1.69. The number of carbonyl (C=O) groups excluding carboxylic acids is 1. The fourth-order valence-electron chi connectivity index (χ4n) is 2.43. The van der Waals surface area contributed by atoms with Gasteiger partial charge in [0.25, 0.3) is 0 Å². The molecule has 0 aliphatic heterocycles. The predicted molar refractivity (Wildman–Crippen MR) is 90.0 cm³/mol. The first-order valence-corrected chi connectivity index (χ1v) is 7.56. The minimum atomic E-state index is -0.0871. The molecule has 5 nitrogen and oxygen atoms in total. The molecule has 3 rings (SSSR count). The number of fused-ring (bicyclic) bond motifs is 1. The van der Waals surface area contributed by atoms with E-state index in [1.165, 1.54) is 6.92 Å². The molecule has 1 amide bonds. The minimum absolute atomic E-state index is 0.0718. The Bertz CT molecular complexity index is 856. The monoisotopic (exact) mass is 329 g/mol. The van der Waals surface area contributed by atoms with Gasteiger partial charge in [0.15, 0.2) is 0 Å². The molecular weight excluding hydrogens is 314 g/mol. The topological polar surface area (TPSA) is 78.0 Å². The Morgan fingerprint density at radius 3 is 2.83 bits per heavy atom. The molecule has 0 fully saturated rings. The summed E-state index contributed by atoms with van der Waals surface area (Å²) >= 11 is 6.39. The highest BCUT2D eigenvalue weighted by molar-refractivity contribution is 6.34. The highest BCUT2D eigenvalue weighted by atomic mass is 35.5. The first-order valence-electron chi connectivity index (χ1n) is 7.18. The summed E-state index contributed by atoms with van der Waals surface area (Å²) in [5.41, 5.74) is 4.22. The van der Waals surface area contributed by atoms with Crippen LogP contribution in [0.25, 0.3) is 22.0 Å². The summed E-state index contributed by atoms with van der Waals surface area (Å²) in [4.78, 5) is 18.5. The molecule has 0 spiro atoms. The van der Waals surface area contributed by atoms with Crippen LogP contribution >= 0.6 is 11.6 Å². The molecular formula is C17H16ClN3O2. The lowest BCUT2D eigenvalue weighted by molar-refractivity contribution is -0.119. The molecule has 0 saturated heterocycles. The van der Waals surface area contributed by atoms with E-state index in [2.05, 4.69) is 15.3 Å². The number of amides is 1. The molecule has 3 N–H and O–H groups in total. The van der Waals surface area contributed by atoms with Gasteiger partial charge in [0.1, 0.15) is 0 Å². The molecule has 0 saturated carbocycles. The zero-order chi connectivity index (χ0) is 16.4. The van der Waals surface area contributed by atoms with Crippen molar-refractivity contribution in [3.8, 4) is 11.1 Å². The number of aromatic amines is 1. The quantitative estimate of drug-likeness (QED) is 0.688. The van der Waals surface area contributed by atoms with E-state index in [4.69, 9.17) is 16.7 Å². The van der Waals surface area contributed by atoms with Crippen molar-refractivity contribution in [2.24, 2.45) is 0 Å². The van der Waals surface area contributed by atoms with Crippen molar-refractivity contribution in [1.29, 1.82) is 0 Å². The van der Waals surface area contributed by atoms with Gasteiger partial charge in [-0.1, -0.05) is 17.7 Å². The molecule has 1 aromatic carbocycles. The van der Waals surface area contributed by atoms with Crippen LogP contribution in [0, 0.1) is 0 Å². The van der Waals surface area contributed by atoms with Crippen molar-refractivity contribution in [3.05, 3.63) is 52.9 Å². The Morgan fingerprint density at radius 2 is 2.17 bits per heavy atom. The number of aliphatic hydroxyl groups excluding tert-OH is 1. The van der Waals surface area contributed by atoms with Crippen LogP contribution in [0.15, 0.2) is 36.5 Å². The SMILES string of the molecule is CC(=O)NCc1cc2cc(Cl)c(-c3ccc(CO)nc3)cc2[nH]1. The summed E-state index contributed by atoms with van der Waals surface area (Å²) in [7, 11) is 0. The second-order valence-corrected chi connectivity index (χ2v) is 5.73. The van der Waals surface area contributed by atoms with E-state index in [0.29, 0.717) is 17.3 Å². The maximum absolute atomic E-state index is 11.0. The summed E-state index contributed by atoms with van der Waals surface area (Å²) < 4.78 is 0. The van der Waals surface area contributed by atoms with Crippen molar-refractivity contribution < 1.29 is 9.90 Å². The Labute approximate surface area is 138 Å². The van der Waals surface area contributed by atoms with Crippen molar-refractivity contribution in [2.45, 2.75) is 20.1 Å². The number of halogens is 1. The van der Waals surface area contributed by atoms with E-state index < -0.39 is 0 Å². The highest BCUT2D eigenvalue weighted by Gasteiger charge is 2.09. The molecule has 0 radical (unpaired) electrons. The smallest absolute Gasteiger partial charge is 0.217 e. The van der Waals surface area contributed by atoms with Crippen molar-refractivity contribution in [3.63, 3.8) is 0 Å². The number of carbonyl (C=O) groups is 1. The Kier molecular flexibility index (Phi) is 4.32. The van der Waals surface area contributed by atoms with Gasteiger partial charge in [-0.25, -0.2) is 0 Å². The highest BCUT2D eigenvalue weighted by Crippen LogP contribution is 2.32. The summed E-state index contributed by atoms with van der Waals surface area (Å²) in [6, 6.07) is 9.47. The van der Waals surface area contributed by atoms with Gasteiger partial charge in [0, 0.05) is 45.9 Å². The Morgan fingerprint density at radius 1 is 1.35 bits per heavy atom. The van der Waals surface area contributed by atoms with Crippen LogP contribution < -0.4 is 5.32 Å². The van der Waals surface area contributed by atoms with Gasteiger partial charge in [0.2, 0.25) is 5.91 Å². The van der Waals surface area contributed by atoms with Crippen LogP contribution in [0.2, 0.25) is 5.02 Å². The molecule has 2 aromatic heterocycles. The van der Waals surface area contributed by atoms with E-state index in [9.17, 15) is 4.79 Å². The number of H-pyrrole nitrogens is 1. The van der Waals surface area contributed by atoms with Crippen LogP contribution in [0.1, 0.15) is 18.3 Å². The van der Waals surface area contributed by atoms with Crippen molar-refractivity contribution in [2.75, 3.05) is 0 Å². The molecule has 0 unspecified atom stereocenters. The van der Waals surface area contributed by atoms with Gasteiger partial charge in [-0.15, -0.1) is 0 Å². The number of pyridine rings is 1. The number of benzene rings is 1. The predicted octanol–water partition coefficient (Wildman–Crippen LogP) is 3.01. The third-order valence-electron chi connectivity index (χ3n) is 3.59. The molecule has 0 aliphatic rings. The molecule has 118 valence electrons. The third kappa shape index (κ3) is 3.36. The number of nitrogens with zero attached hydrogens (tertiary/aromatic N) is 1.